The van der Waals surface area contributed by atoms with Crippen LogP contribution < -0.4 is 10.2 Å². The van der Waals surface area contributed by atoms with Crippen LogP contribution in [0.15, 0.2) is 24.3 Å². The van der Waals surface area contributed by atoms with E-state index in [2.05, 4.69) is 19.2 Å². The van der Waals surface area contributed by atoms with E-state index >= 15 is 0 Å². The minimum atomic E-state index is -1.11. The number of carboxylic acid groups (broad SMARTS) is 1. The summed E-state index contributed by atoms with van der Waals surface area (Å²) in [7, 11) is 0. The molecule has 0 radical (unpaired) electrons. The van der Waals surface area contributed by atoms with Gasteiger partial charge in [-0.3, -0.25) is 9.59 Å². The molecule has 0 spiro atoms. The second-order valence-electron chi connectivity index (χ2n) is 7.15. The van der Waals surface area contributed by atoms with Crippen LogP contribution >= 0.6 is 0 Å². The number of nitrogens with zero attached hydrogens (tertiary/aromatic N) is 1. The molecule has 25 heavy (non-hydrogen) atoms. The lowest BCUT2D eigenvalue weighted by Crippen LogP contribution is -2.46. The Morgan fingerprint density at radius 2 is 2.04 bits per heavy atom. The van der Waals surface area contributed by atoms with Crippen molar-refractivity contribution in [1.29, 1.82) is 0 Å². The van der Waals surface area contributed by atoms with Crippen molar-refractivity contribution < 1.29 is 19.5 Å². The first-order chi connectivity index (χ1) is 11.9. The van der Waals surface area contributed by atoms with E-state index in [0.717, 1.165) is 17.7 Å². The smallest absolute Gasteiger partial charge is 0.329 e. The summed E-state index contributed by atoms with van der Waals surface area (Å²) in [5.74, 6) is -1.61. The number of para-hydroxylation sites is 1. The number of rotatable bonds is 6. The van der Waals surface area contributed by atoms with Gasteiger partial charge in [-0.1, -0.05) is 32.0 Å². The molecule has 1 aliphatic heterocycles. The average Bonchev–Trinajstić information content (AvgIpc) is 3.28. The fourth-order valence-corrected chi connectivity index (χ4v) is 3.34. The lowest BCUT2D eigenvalue weighted by Gasteiger charge is -2.23. The zero-order chi connectivity index (χ0) is 18.2. The fraction of sp³-hybridized carbons (Fsp3) is 0.526. The van der Waals surface area contributed by atoms with E-state index in [4.69, 9.17) is 0 Å². The summed E-state index contributed by atoms with van der Waals surface area (Å²) in [4.78, 5) is 37.9. The Morgan fingerprint density at radius 3 is 2.64 bits per heavy atom. The van der Waals surface area contributed by atoms with Crippen molar-refractivity contribution in [2.75, 3.05) is 11.4 Å². The van der Waals surface area contributed by atoms with Gasteiger partial charge in [-0.2, -0.15) is 0 Å². The van der Waals surface area contributed by atoms with Crippen LogP contribution in [0.4, 0.5) is 5.69 Å². The highest BCUT2D eigenvalue weighted by Gasteiger charge is 2.53. The van der Waals surface area contributed by atoms with E-state index in [9.17, 15) is 19.5 Å². The van der Waals surface area contributed by atoms with Gasteiger partial charge in [0.2, 0.25) is 11.8 Å². The van der Waals surface area contributed by atoms with Gasteiger partial charge in [-0.05, 0) is 36.8 Å². The summed E-state index contributed by atoms with van der Waals surface area (Å²) in [6, 6.07) is 7.79. The molecular formula is C19H24N2O4. The van der Waals surface area contributed by atoms with Crippen LogP contribution in [0.3, 0.4) is 0 Å². The second kappa shape index (κ2) is 6.50. The zero-order valence-corrected chi connectivity index (χ0v) is 14.6. The summed E-state index contributed by atoms with van der Waals surface area (Å²) >= 11 is 0. The molecule has 2 amide bonds. The van der Waals surface area contributed by atoms with Crippen LogP contribution in [0.1, 0.15) is 51.0 Å². The van der Waals surface area contributed by atoms with E-state index in [-0.39, 0.29) is 18.2 Å². The predicted octanol–water partition coefficient (Wildman–Crippen LogP) is 2.29. The van der Waals surface area contributed by atoms with Crippen molar-refractivity contribution in [2.45, 2.75) is 51.0 Å². The highest BCUT2D eigenvalue weighted by Crippen LogP contribution is 2.37. The Balaban J connectivity index is 1.75. The van der Waals surface area contributed by atoms with Gasteiger partial charge in [0.25, 0.3) is 0 Å². The molecule has 2 N–H and O–H groups in total. The average molecular weight is 344 g/mol. The molecule has 1 aliphatic carbocycles. The quantitative estimate of drug-likeness (QED) is 0.829. The van der Waals surface area contributed by atoms with Crippen LogP contribution in [0.2, 0.25) is 0 Å². The normalized spacial score (nSPS) is 22.6. The van der Waals surface area contributed by atoms with E-state index in [1.165, 1.54) is 0 Å². The largest absolute Gasteiger partial charge is 0.480 e. The third kappa shape index (κ3) is 3.25. The van der Waals surface area contributed by atoms with Crippen molar-refractivity contribution >= 4 is 23.5 Å². The summed E-state index contributed by atoms with van der Waals surface area (Å²) in [6.07, 6.45) is 1.99. The molecule has 2 atom stereocenters. The third-order valence-corrected chi connectivity index (χ3v) is 5.39. The topological polar surface area (TPSA) is 86.7 Å². The van der Waals surface area contributed by atoms with Gasteiger partial charge < -0.3 is 15.3 Å². The van der Waals surface area contributed by atoms with Gasteiger partial charge >= 0.3 is 5.97 Å². The van der Waals surface area contributed by atoms with Gasteiger partial charge in [-0.25, -0.2) is 4.79 Å². The zero-order valence-electron chi connectivity index (χ0n) is 14.6. The molecule has 2 aliphatic rings. The molecule has 2 fully saturated rings. The fourth-order valence-electron chi connectivity index (χ4n) is 3.34. The first kappa shape index (κ1) is 17.5. The van der Waals surface area contributed by atoms with Gasteiger partial charge in [0.05, 0.1) is 5.92 Å². The molecule has 1 heterocycles. The number of anilines is 1. The van der Waals surface area contributed by atoms with E-state index < -0.39 is 17.4 Å². The number of hydrogen-bond acceptors (Lipinski definition) is 3. The Labute approximate surface area is 147 Å². The maximum atomic E-state index is 12.5. The van der Waals surface area contributed by atoms with Crippen molar-refractivity contribution in [1.82, 2.24) is 5.32 Å². The second-order valence-corrected chi connectivity index (χ2v) is 7.15. The summed E-state index contributed by atoms with van der Waals surface area (Å²) < 4.78 is 0. The Kier molecular flexibility index (Phi) is 4.54. The van der Waals surface area contributed by atoms with Crippen LogP contribution in [-0.4, -0.2) is 35.0 Å². The van der Waals surface area contributed by atoms with Crippen molar-refractivity contribution in [2.24, 2.45) is 5.92 Å². The number of aliphatic carboxylic acids is 1. The monoisotopic (exact) mass is 344 g/mol. The highest BCUT2D eigenvalue weighted by molar-refractivity contribution is 6.02. The molecule has 6 nitrogen and oxygen atoms in total. The highest BCUT2D eigenvalue weighted by atomic mass is 16.4. The number of carboxylic acids is 1. The standard InChI is InChI=1S/C19H24N2O4/c1-3-12(2)14-6-4-5-7-15(14)21-11-13(10-16(21)22)17(23)20-19(8-9-19)18(24)25/h4-7,12-13H,3,8-11H2,1-2H3,(H,20,23)(H,24,25). The van der Waals surface area contributed by atoms with Crippen molar-refractivity contribution in [3.63, 3.8) is 0 Å². The minimum absolute atomic E-state index is 0.0870. The first-order valence-electron chi connectivity index (χ1n) is 8.82. The minimum Gasteiger partial charge on any atom is -0.480 e. The molecule has 1 saturated carbocycles. The van der Waals surface area contributed by atoms with E-state index in [1.54, 1.807) is 4.90 Å². The number of amides is 2. The van der Waals surface area contributed by atoms with Gasteiger partial charge in [0.15, 0.2) is 0 Å². The molecule has 1 aromatic rings. The molecule has 1 aromatic carbocycles. The predicted molar refractivity (Wildman–Crippen MR) is 93.4 cm³/mol. The van der Waals surface area contributed by atoms with Gasteiger partial charge in [-0.15, -0.1) is 0 Å². The maximum Gasteiger partial charge on any atom is 0.329 e. The number of benzene rings is 1. The van der Waals surface area contributed by atoms with Crippen LogP contribution in [0.25, 0.3) is 0 Å². The molecule has 0 bridgehead atoms. The Morgan fingerprint density at radius 1 is 1.36 bits per heavy atom. The van der Waals surface area contributed by atoms with Gasteiger partial charge in [0.1, 0.15) is 5.54 Å². The maximum absolute atomic E-state index is 12.5. The van der Waals surface area contributed by atoms with Crippen LogP contribution in [-0.2, 0) is 14.4 Å². The number of nitrogens with one attached hydrogen (secondary N) is 1. The van der Waals surface area contributed by atoms with Crippen LogP contribution in [0.5, 0.6) is 0 Å². The van der Waals surface area contributed by atoms with Crippen molar-refractivity contribution in [3.05, 3.63) is 29.8 Å². The van der Waals surface area contributed by atoms with Crippen LogP contribution in [0, 0.1) is 5.92 Å². The third-order valence-electron chi connectivity index (χ3n) is 5.39. The molecule has 1 saturated heterocycles. The summed E-state index contributed by atoms with van der Waals surface area (Å²) in [5.41, 5.74) is 0.850. The van der Waals surface area contributed by atoms with Crippen molar-refractivity contribution in [3.8, 4) is 0 Å². The Hall–Kier alpha value is -2.37. The summed E-state index contributed by atoms with van der Waals surface area (Å²) in [6.45, 7) is 4.52. The number of hydrogen-bond donors (Lipinski definition) is 2. The number of carbonyl (C=O) groups is 3. The van der Waals surface area contributed by atoms with Gasteiger partial charge in [0, 0.05) is 18.7 Å². The molecule has 6 heteroatoms. The summed E-state index contributed by atoms with van der Waals surface area (Å²) in [5, 5.41) is 11.8. The van der Waals surface area contributed by atoms with E-state index in [1.807, 2.05) is 24.3 Å². The molecule has 134 valence electrons. The Bertz CT molecular complexity index is 711. The lowest BCUT2D eigenvalue weighted by atomic mass is 9.96. The molecule has 3 rings (SSSR count). The molecule has 0 aromatic heterocycles. The number of carbonyl (C=O) groups excluding carboxylic acids is 2. The molecule has 2 unspecified atom stereocenters. The van der Waals surface area contributed by atoms with E-state index in [0.29, 0.717) is 25.3 Å². The SMILES string of the molecule is CCC(C)c1ccccc1N1CC(C(=O)NC2(C(=O)O)CC2)CC1=O. The first-order valence-corrected chi connectivity index (χ1v) is 8.82. The molecular weight excluding hydrogens is 320 g/mol. The lowest BCUT2D eigenvalue weighted by molar-refractivity contribution is -0.143.